The van der Waals surface area contributed by atoms with Crippen molar-refractivity contribution < 1.29 is 9.53 Å². The third-order valence-electron chi connectivity index (χ3n) is 3.12. The molecule has 0 saturated heterocycles. The van der Waals surface area contributed by atoms with E-state index in [-0.39, 0.29) is 0 Å². The lowest BCUT2D eigenvalue weighted by Crippen LogP contribution is -2.00. The molecule has 0 bridgehead atoms. The van der Waals surface area contributed by atoms with E-state index in [4.69, 9.17) is 16.9 Å². The van der Waals surface area contributed by atoms with Gasteiger partial charge in [-0.25, -0.2) is 9.78 Å². The minimum Gasteiger partial charge on any atom is -0.465 e. The number of rotatable bonds is 1. The summed E-state index contributed by atoms with van der Waals surface area (Å²) in [5.41, 5.74) is 2.15. The molecule has 5 nitrogen and oxygen atoms in total. The summed E-state index contributed by atoms with van der Waals surface area (Å²) in [7, 11) is 1.33. The Hall–Kier alpha value is -2.58. The molecular weight excluding hydrogens is 278 g/mol. The summed E-state index contributed by atoms with van der Waals surface area (Å²) in [4.78, 5) is 18.6. The molecule has 0 aliphatic carbocycles. The van der Waals surface area contributed by atoms with Gasteiger partial charge in [0.05, 0.1) is 23.8 Å². The fourth-order valence-electron chi connectivity index (χ4n) is 2.19. The SMILES string of the molecule is COC(=O)c1ccc2c(c1)[nH]c1c(C#N)cnc(Cl)c12. The summed E-state index contributed by atoms with van der Waals surface area (Å²) < 4.78 is 4.68. The molecule has 0 radical (unpaired) electrons. The standard InChI is InChI=1S/C14H8ClN3O2/c1-20-14(19)7-2-3-9-10(4-7)18-12-8(5-16)6-17-13(15)11(9)12/h2-4,6,18H,1H3. The quantitative estimate of drug-likeness (QED) is 0.550. The molecule has 0 aliphatic rings. The number of aromatic amines is 1. The van der Waals surface area contributed by atoms with Crippen LogP contribution in [0.4, 0.5) is 0 Å². The van der Waals surface area contributed by atoms with Crippen LogP contribution >= 0.6 is 11.6 Å². The summed E-state index contributed by atoms with van der Waals surface area (Å²) >= 11 is 6.10. The molecule has 1 N–H and O–H groups in total. The lowest BCUT2D eigenvalue weighted by Gasteiger charge is -1.99. The molecule has 0 spiro atoms. The van der Waals surface area contributed by atoms with E-state index in [2.05, 4.69) is 20.8 Å². The Morgan fingerprint density at radius 1 is 1.50 bits per heavy atom. The molecule has 1 aromatic carbocycles. The summed E-state index contributed by atoms with van der Waals surface area (Å²) in [6.07, 6.45) is 1.42. The van der Waals surface area contributed by atoms with Crippen LogP contribution in [-0.2, 0) is 4.74 Å². The number of aromatic nitrogens is 2. The molecule has 0 unspecified atom stereocenters. The molecule has 2 aromatic heterocycles. The summed E-state index contributed by atoms with van der Waals surface area (Å²) in [6, 6.07) is 7.14. The fourth-order valence-corrected chi connectivity index (χ4v) is 2.44. The normalized spacial score (nSPS) is 10.7. The van der Waals surface area contributed by atoms with Crippen molar-refractivity contribution in [1.29, 1.82) is 5.26 Å². The van der Waals surface area contributed by atoms with Gasteiger partial charge in [0.15, 0.2) is 0 Å². The van der Waals surface area contributed by atoms with Crippen molar-refractivity contribution in [3.05, 3.63) is 40.7 Å². The smallest absolute Gasteiger partial charge is 0.337 e. The van der Waals surface area contributed by atoms with Crippen molar-refractivity contribution in [2.75, 3.05) is 7.11 Å². The first-order valence-corrected chi connectivity index (χ1v) is 6.12. The minimum atomic E-state index is -0.421. The van der Waals surface area contributed by atoms with Gasteiger partial charge in [-0.15, -0.1) is 0 Å². The average Bonchev–Trinajstić information content (AvgIpc) is 2.86. The molecule has 0 fully saturated rings. The number of hydrogen-bond donors (Lipinski definition) is 1. The highest BCUT2D eigenvalue weighted by Crippen LogP contribution is 2.32. The van der Waals surface area contributed by atoms with Crippen molar-refractivity contribution in [3.63, 3.8) is 0 Å². The topological polar surface area (TPSA) is 78.8 Å². The number of benzene rings is 1. The molecule has 0 atom stereocenters. The highest BCUT2D eigenvalue weighted by molar-refractivity contribution is 6.37. The van der Waals surface area contributed by atoms with E-state index in [0.717, 1.165) is 5.39 Å². The summed E-state index contributed by atoms with van der Waals surface area (Å²) in [5, 5.41) is 10.9. The van der Waals surface area contributed by atoms with Crippen LogP contribution in [0.25, 0.3) is 21.8 Å². The van der Waals surface area contributed by atoms with E-state index >= 15 is 0 Å². The molecule has 3 aromatic rings. The lowest BCUT2D eigenvalue weighted by molar-refractivity contribution is 0.0601. The van der Waals surface area contributed by atoms with E-state index in [1.165, 1.54) is 13.3 Å². The number of hydrogen-bond acceptors (Lipinski definition) is 4. The number of carbonyl (C=O) groups excluding carboxylic acids is 1. The predicted molar refractivity (Wildman–Crippen MR) is 74.7 cm³/mol. The number of halogens is 1. The molecule has 2 heterocycles. The molecule has 0 saturated carbocycles. The van der Waals surface area contributed by atoms with Crippen LogP contribution in [-0.4, -0.2) is 23.0 Å². The van der Waals surface area contributed by atoms with Crippen LogP contribution in [0.5, 0.6) is 0 Å². The number of nitriles is 1. The Morgan fingerprint density at radius 2 is 2.30 bits per heavy atom. The maximum absolute atomic E-state index is 11.5. The van der Waals surface area contributed by atoms with E-state index < -0.39 is 5.97 Å². The zero-order valence-electron chi connectivity index (χ0n) is 10.4. The Kier molecular flexibility index (Phi) is 2.81. The van der Waals surface area contributed by atoms with Crippen LogP contribution in [0.1, 0.15) is 15.9 Å². The van der Waals surface area contributed by atoms with E-state index in [1.807, 2.05) is 0 Å². The van der Waals surface area contributed by atoms with Crippen molar-refractivity contribution in [2.45, 2.75) is 0 Å². The number of carbonyl (C=O) groups is 1. The average molecular weight is 286 g/mol. The fraction of sp³-hybridized carbons (Fsp3) is 0.0714. The van der Waals surface area contributed by atoms with Crippen LogP contribution in [0.2, 0.25) is 5.15 Å². The van der Waals surface area contributed by atoms with Crippen molar-refractivity contribution >= 4 is 39.4 Å². The lowest BCUT2D eigenvalue weighted by atomic mass is 10.1. The van der Waals surface area contributed by atoms with Gasteiger partial charge in [-0.2, -0.15) is 5.26 Å². The van der Waals surface area contributed by atoms with Crippen LogP contribution in [0, 0.1) is 11.3 Å². The van der Waals surface area contributed by atoms with E-state index in [0.29, 0.717) is 32.7 Å². The van der Waals surface area contributed by atoms with Gasteiger partial charge in [-0.05, 0) is 12.1 Å². The Balaban J connectivity index is 2.40. The Labute approximate surface area is 118 Å². The van der Waals surface area contributed by atoms with Crippen LogP contribution < -0.4 is 0 Å². The maximum Gasteiger partial charge on any atom is 0.337 e. The molecule has 0 amide bonds. The van der Waals surface area contributed by atoms with Crippen LogP contribution in [0.15, 0.2) is 24.4 Å². The van der Waals surface area contributed by atoms with Gasteiger partial charge < -0.3 is 9.72 Å². The first-order valence-electron chi connectivity index (χ1n) is 5.74. The second-order valence-electron chi connectivity index (χ2n) is 4.20. The third-order valence-corrected chi connectivity index (χ3v) is 3.41. The number of fused-ring (bicyclic) bond motifs is 3. The van der Waals surface area contributed by atoms with Gasteiger partial charge in [0.1, 0.15) is 11.2 Å². The summed E-state index contributed by atoms with van der Waals surface area (Å²) in [5.74, 6) is -0.421. The molecule has 20 heavy (non-hydrogen) atoms. The number of methoxy groups -OCH3 is 1. The highest BCUT2D eigenvalue weighted by atomic mass is 35.5. The number of nitrogens with zero attached hydrogens (tertiary/aromatic N) is 2. The summed E-state index contributed by atoms with van der Waals surface area (Å²) in [6.45, 7) is 0. The van der Waals surface area contributed by atoms with Crippen LogP contribution in [0.3, 0.4) is 0 Å². The van der Waals surface area contributed by atoms with Gasteiger partial charge in [0.2, 0.25) is 0 Å². The van der Waals surface area contributed by atoms with Gasteiger partial charge in [-0.1, -0.05) is 17.7 Å². The highest BCUT2D eigenvalue weighted by Gasteiger charge is 2.14. The Morgan fingerprint density at radius 3 is 3.00 bits per heavy atom. The van der Waals surface area contributed by atoms with Crippen molar-refractivity contribution in [2.24, 2.45) is 0 Å². The van der Waals surface area contributed by atoms with Gasteiger partial charge in [0.25, 0.3) is 0 Å². The van der Waals surface area contributed by atoms with Gasteiger partial charge in [-0.3, -0.25) is 0 Å². The van der Waals surface area contributed by atoms with E-state index in [9.17, 15) is 4.79 Å². The number of nitrogens with one attached hydrogen (secondary N) is 1. The molecule has 6 heteroatoms. The molecule has 3 rings (SSSR count). The number of pyridine rings is 1. The van der Waals surface area contributed by atoms with Crippen molar-refractivity contribution in [3.8, 4) is 6.07 Å². The third kappa shape index (κ3) is 1.70. The molecular formula is C14H8ClN3O2. The van der Waals surface area contributed by atoms with Gasteiger partial charge >= 0.3 is 5.97 Å². The largest absolute Gasteiger partial charge is 0.465 e. The number of ether oxygens (including phenoxy) is 1. The maximum atomic E-state index is 11.5. The van der Waals surface area contributed by atoms with Gasteiger partial charge in [0, 0.05) is 22.5 Å². The second kappa shape index (κ2) is 4.51. The first-order chi connectivity index (χ1) is 9.65. The van der Waals surface area contributed by atoms with E-state index in [1.54, 1.807) is 18.2 Å². The zero-order chi connectivity index (χ0) is 14.3. The zero-order valence-corrected chi connectivity index (χ0v) is 11.2. The number of H-pyrrole nitrogens is 1. The molecule has 98 valence electrons. The minimum absolute atomic E-state index is 0.316. The molecule has 0 aliphatic heterocycles. The Bertz CT molecular complexity index is 893. The monoisotopic (exact) mass is 285 g/mol. The first kappa shape index (κ1) is 12.5. The number of esters is 1. The predicted octanol–water partition coefficient (Wildman–Crippen LogP) is 3.03. The van der Waals surface area contributed by atoms with Crippen molar-refractivity contribution in [1.82, 2.24) is 9.97 Å². The second-order valence-corrected chi connectivity index (χ2v) is 4.56.